The van der Waals surface area contributed by atoms with Crippen molar-refractivity contribution >= 4 is 5.97 Å². The third-order valence-electron chi connectivity index (χ3n) is 4.35. The Morgan fingerprint density at radius 2 is 2.14 bits per heavy atom. The van der Waals surface area contributed by atoms with E-state index in [4.69, 9.17) is 9.84 Å². The van der Waals surface area contributed by atoms with E-state index >= 15 is 0 Å². The molecule has 0 spiro atoms. The number of ether oxygens (including phenoxy) is 1. The summed E-state index contributed by atoms with van der Waals surface area (Å²) in [6, 6.07) is 0.0964. The van der Waals surface area contributed by atoms with Crippen molar-refractivity contribution in [3.63, 3.8) is 0 Å². The van der Waals surface area contributed by atoms with Crippen molar-refractivity contribution in [2.45, 2.75) is 58.1 Å². The van der Waals surface area contributed by atoms with Crippen molar-refractivity contribution in [2.24, 2.45) is 0 Å². The number of methoxy groups -OCH3 is 1. The summed E-state index contributed by atoms with van der Waals surface area (Å²) in [5.41, 5.74) is 2.11. The monoisotopic (exact) mass is 294 g/mol. The average Bonchev–Trinajstić information content (AvgIpc) is 2.86. The highest BCUT2D eigenvalue weighted by atomic mass is 16.5. The van der Waals surface area contributed by atoms with Crippen LogP contribution >= 0.6 is 0 Å². The number of hydrogen-bond donors (Lipinski definition) is 1. The lowest BCUT2D eigenvalue weighted by Crippen LogP contribution is -2.30. The maximum Gasteiger partial charge on any atom is 0.348 e. The first kappa shape index (κ1) is 15.7. The second-order valence-electron chi connectivity index (χ2n) is 5.63. The van der Waals surface area contributed by atoms with Crippen molar-refractivity contribution < 1.29 is 14.6 Å². The summed E-state index contributed by atoms with van der Waals surface area (Å²) in [6.07, 6.45) is 3.27. The summed E-state index contributed by atoms with van der Waals surface area (Å²) in [7, 11) is 1.69. The van der Waals surface area contributed by atoms with Crippen molar-refractivity contribution in [3.05, 3.63) is 27.4 Å². The third kappa shape index (κ3) is 3.32. The molecule has 1 aliphatic carbocycles. The van der Waals surface area contributed by atoms with Crippen molar-refractivity contribution in [1.82, 2.24) is 9.55 Å². The van der Waals surface area contributed by atoms with E-state index in [1.54, 1.807) is 18.6 Å². The molecule has 1 heterocycles. The van der Waals surface area contributed by atoms with Crippen LogP contribution in [-0.4, -0.2) is 33.8 Å². The minimum atomic E-state index is -0.841. The van der Waals surface area contributed by atoms with Crippen LogP contribution in [0.1, 0.15) is 48.7 Å². The molecule has 0 saturated heterocycles. The highest BCUT2D eigenvalue weighted by molar-refractivity contribution is 5.67. The standard InChI is InChI=1S/C15H22N2O4/c1-9-13(6-7-14(18)19)10(2)17(15(20)16-9)11-4-5-12(8-11)21-3/h11-12H,4-8H2,1-3H3,(H,18,19). The summed E-state index contributed by atoms with van der Waals surface area (Å²) in [6.45, 7) is 3.65. The van der Waals surface area contributed by atoms with Crippen LogP contribution in [0.4, 0.5) is 0 Å². The maximum atomic E-state index is 12.2. The Bertz CT molecular complexity index is 594. The molecule has 1 saturated carbocycles. The Balaban J connectivity index is 2.35. The van der Waals surface area contributed by atoms with Gasteiger partial charge in [0.1, 0.15) is 0 Å². The summed E-state index contributed by atoms with van der Waals surface area (Å²) < 4.78 is 7.09. The van der Waals surface area contributed by atoms with Gasteiger partial charge in [-0.3, -0.25) is 9.36 Å². The molecule has 6 heteroatoms. The lowest BCUT2D eigenvalue weighted by atomic mass is 10.1. The van der Waals surface area contributed by atoms with Crippen LogP contribution in [0.2, 0.25) is 0 Å². The van der Waals surface area contributed by atoms with E-state index in [1.165, 1.54) is 0 Å². The van der Waals surface area contributed by atoms with Gasteiger partial charge >= 0.3 is 11.7 Å². The van der Waals surface area contributed by atoms with Gasteiger partial charge in [0.2, 0.25) is 0 Å². The number of nitrogens with zero attached hydrogens (tertiary/aromatic N) is 2. The number of aryl methyl sites for hydroxylation is 1. The topological polar surface area (TPSA) is 81.4 Å². The molecule has 1 N–H and O–H groups in total. The van der Waals surface area contributed by atoms with Crippen LogP contribution in [-0.2, 0) is 16.0 Å². The molecule has 2 atom stereocenters. The maximum absolute atomic E-state index is 12.2. The molecular weight excluding hydrogens is 272 g/mol. The van der Waals surface area contributed by atoms with Crippen LogP contribution in [0.5, 0.6) is 0 Å². The van der Waals surface area contributed by atoms with Gasteiger partial charge in [0, 0.05) is 31.0 Å². The van der Waals surface area contributed by atoms with Gasteiger partial charge in [-0.2, -0.15) is 4.98 Å². The second kappa shape index (κ2) is 6.39. The predicted molar refractivity (Wildman–Crippen MR) is 77.6 cm³/mol. The summed E-state index contributed by atoms with van der Waals surface area (Å²) in [5.74, 6) is -0.841. The SMILES string of the molecule is COC1CCC(n2c(C)c(CCC(=O)O)c(C)nc2=O)C1. The van der Waals surface area contributed by atoms with E-state index in [-0.39, 0.29) is 24.3 Å². The zero-order chi connectivity index (χ0) is 15.6. The Morgan fingerprint density at radius 3 is 2.71 bits per heavy atom. The van der Waals surface area contributed by atoms with Crippen molar-refractivity contribution in [1.29, 1.82) is 0 Å². The quantitative estimate of drug-likeness (QED) is 0.892. The Kier molecular flexibility index (Phi) is 4.77. The molecule has 0 bridgehead atoms. The first-order valence-electron chi connectivity index (χ1n) is 7.27. The van der Waals surface area contributed by atoms with Crippen molar-refractivity contribution in [3.8, 4) is 0 Å². The summed E-state index contributed by atoms with van der Waals surface area (Å²) >= 11 is 0. The molecule has 1 fully saturated rings. The zero-order valence-electron chi connectivity index (χ0n) is 12.8. The largest absolute Gasteiger partial charge is 0.481 e. The van der Waals surface area contributed by atoms with Gasteiger partial charge in [0.25, 0.3) is 0 Å². The highest BCUT2D eigenvalue weighted by Gasteiger charge is 2.28. The molecule has 1 aromatic heterocycles. The van der Waals surface area contributed by atoms with Crippen LogP contribution in [0.15, 0.2) is 4.79 Å². The molecule has 0 radical (unpaired) electrons. The molecule has 21 heavy (non-hydrogen) atoms. The van der Waals surface area contributed by atoms with Crippen LogP contribution in [0, 0.1) is 13.8 Å². The first-order chi connectivity index (χ1) is 9.93. The fraction of sp³-hybridized carbons (Fsp3) is 0.667. The molecule has 0 aromatic carbocycles. The third-order valence-corrected chi connectivity index (χ3v) is 4.35. The first-order valence-corrected chi connectivity index (χ1v) is 7.27. The molecule has 116 valence electrons. The summed E-state index contributed by atoms with van der Waals surface area (Å²) in [4.78, 5) is 27.1. The Labute approximate surface area is 123 Å². The van der Waals surface area contributed by atoms with E-state index in [1.807, 2.05) is 6.92 Å². The molecular formula is C15H22N2O4. The predicted octanol–water partition coefficient (Wildman–Crippen LogP) is 1.62. The Morgan fingerprint density at radius 1 is 1.43 bits per heavy atom. The number of rotatable bonds is 5. The number of hydrogen-bond acceptors (Lipinski definition) is 4. The lowest BCUT2D eigenvalue weighted by molar-refractivity contribution is -0.136. The van der Waals surface area contributed by atoms with Crippen LogP contribution in [0.25, 0.3) is 0 Å². The molecule has 2 rings (SSSR count). The molecule has 0 aliphatic heterocycles. The second-order valence-corrected chi connectivity index (χ2v) is 5.63. The Hall–Kier alpha value is -1.69. The lowest BCUT2D eigenvalue weighted by Gasteiger charge is -2.20. The normalized spacial score (nSPS) is 21.7. The van der Waals surface area contributed by atoms with Gasteiger partial charge in [-0.25, -0.2) is 4.79 Å². The number of aliphatic carboxylic acids is 1. The summed E-state index contributed by atoms with van der Waals surface area (Å²) in [5, 5.41) is 8.85. The number of carboxylic acid groups (broad SMARTS) is 1. The molecule has 1 aromatic rings. The van der Waals surface area contributed by atoms with E-state index in [0.717, 1.165) is 30.5 Å². The molecule has 1 aliphatic rings. The van der Waals surface area contributed by atoms with Gasteiger partial charge in [0.15, 0.2) is 0 Å². The van der Waals surface area contributed by atoms with Crippen LogP contribution in [0.3, 0.4) is 0 Å². The number of carboxylic acids is 1. The number of aromatic nitrogens is 2. The van der Waals surface area contributed by atoms with Gasteiger partial charge in [-0.05, 0) is 45.1 Å². The molecule has 0 amide bonds. The fourth-order valence-electron chi connectivity index (χ4n) is 3.21. The van der Waals surface area contributed by atoms with Gasteiger partial charge in [0.05, 0.1) is 6.10 Å². The van der Waals surface area contributed by atoms with Crippen molar-refractivity contribution in [2.75, 3.05) is 7.11 Å². The zero-order valence-corrected chi connectivity index (χ0v) is 12.8. The minimum Gasteiger partial charge on any atom is -0.481 e. The molecule has 2 unspecified atom stereocenters. The highest BCUT2D eigenvalue weighted by Crippen LogP contribution is 2.32. The average molecular weight is 294 g/mol. The van der Waals surface area contributed by atoms with E-state index in [2.05, 4.69) is 4.98 Å². The molecule has 6 nitrogen and oxygen atoms in total. The van der Waals surface area contributed by atoms with E-state index in [9.17, 15) is 9.59 Å². The minimum absolute atomic E-state index is 0.0485. The van der Waals surface area contributed by atoms with Gasteiger partial charge < -0.3 is 9.84 Å². The number of carbonyl (C=O) groups is 1. The van der Waals surface area contributed by atoms with Gasteiger partial charge in [-0.1, -0.05) is 0 Å². The fourth-order valence-corrected chi connectivity index (χ4v) is 3.21. The van der Waals surface area contributed by atoms with E-state index in [0.29, 0.717) is 12.1 Å². The van der Waals surface area contributed by atoms with Gasteiger partial charge in [-0.15, -0.1) is 0 Å². The smallest absolute Gasteiger partial charge is 0.348 e. The van der Waals surface area contributed by atoms with E-state index < -0.39 is 5.97 Å². The van der Waals surface area contributed by atoms with Crippen LogP contribution < -0.4 is 5.69 Å².